The number of benzene rings is 1. The van der Waals surface area contributed by atoms with Gasteiger partial charge in [0.15, 0.2) is 0 Å². The summed E-state index contributed by atoms with van der Waals surface area (Å²) in [5.74, 6) is -0.993. The number of hydrogen-bond donors (Lipinski definition) is 2. The Kier molecular flexibility index (Phi) is 8.16. The second kappa shape index (κ2) is 10.0. The fourth-order valence-corrected chi connectivity index (χ4v) is 3.53. The number of nitrogens with zero attached hydrogens (tertiary/aromatic N) is 1. The first-order valence-corrected chi connectivity index (χ1v) is 10.7. The van der Waals surface area contributed by atoms with Gasteiger partial charge in [-0.1, -0.05) is 6.07 Å². The van der Waals surface area contributed by atoms with Crippen molar-refractivity contribution in [1.82, 2.24) is 14.9 Å². The van der Waals surface area contributed by atoms with Crippen molar-refractivity contribution in [2.75, 3.05) is 32.7 Å². The van der Waals surface area contributed by atoms with Crippen LogP contribution in [0.3, 0.4) is 0 Å². The molecular formula is C17H21F6N3O4S. The topological polar surface area (TPSA) is 87.7 Å². The van der Waals surface area contributed by atoms with Gasteiger partial charge in [0.25, 0.3) is 5.91 Å². The molecule has 1 fully saturated rings. The Labute approximate surface area is 174 Å². The minimum atomic E-state index is -5.36. The third kappa shape index (κ3) is 8.18. The summed E-state index contributed by atoms with van der Waals surface area (Å²) in [6.45, 7) is 1.02. The largest absolute Gasteiger partial charge is 0.573 e. The first-order chi connectivity index (χ1) is 14.3. The van der Waals surface area contributed by atoms with Crippen LogP contribution in [0.5, 0.6) is 5.75 Å². The summed E-state index contributed by atoms with van der Waals surface area (Å²) in [4.78, 5) is 14.0. The molecule has 0 aliphatic carbocycles. The lowest BCUT2D eigenvalue weighted by Gasteiger charge is -2.32. The van der Waals surface area contributed by atoms with E-state index in [1.807, 2.05) is 0 Å². The van der Waals surface area contributed by atoms with Gasteiger partial charge in [0.05, 0.1) is 0 Å². The van der Waals surface area contributed by atoms with Crippen molar-refractivity contribution in [3.05, 3.63) is 29.8 Å². The predicted molar refractivity (Wildman–Crippen MR) is 97.6 cm³/mol. The van der Waals surface area contributed by atoms with Gasteiger partial charge in [-0.3, -0.25) is 4.79 Å². The summed E-state index contributed by atoms with van der Waals surface area (Å²) >= 11 is 0. The van der Waals surface area contributed by atoms with Crippen LogP contribution in [0.15, 0.2) is 24.3 Å². The van der Waals surface area contributed by atoms with Crippen LogP contribution in [0.1, 0.15) is 23.2 Å². The predicted octanol–water partition coefficient (Wildman–Crippen LogP) is 2.47. The molecule has 176 valence electrons. The third-order valence-corrected chi connectivity index (χ3v) is 5.81. The number of rotatable bonds is 8. The molecule has 1 saturated heterocycles. The normalized spacial score (nSPS) is 16.8. The molecule has 31 heavy (non-hydrogen) atoms. The van der Waals surface area contributed by atoms with Crippen molar-refractivity contribution in [2.45, 2.75) is 24.7 Å². The maximum absolute atomic E-state index is 12.3. The van der Waals surface area contributed by atoms with E-state index in [2.05, 4.69) is 10.1 Å². The Bertz CT molecular complexity index is 852. The van der Waals surface area contributed by atoms with E-state index in [-0.39, 0.29) is 31.1 Å². The van der Waals surface area contributed by atoms with Crippen LogP contribution in [-0.4, -0.2) is 63.8 Å². The minimum absolute atomic E-state index is 0.0103. The molecule has 1 aromatic carbocycles. The first kappa shape index (κ1) is 25.2. The fourth-order valence-electron chi connectivity index (χ4n) is 3.01. The molecular weight excluding hydrogens is 456 g/mol. The minimum Gasteiger partial charge on any atom is -0.406 e. The van der Waals surface area contributed by atoms with E-state index >= 15 is 0 Å². The van der Waals surface area contributed by atoms with Crippen molar-refractivity contribution < 1.29 is 44.3 Å². The van der Waals surface area contributed by atoms with Crippen LogP contribution in [0.25, 0.3) is 0 Å². The van der Waals surface area contributed by atoms with Crippen LogP contribution < -0.4 is 14.8 Å². The van der Waals surface area contributed by atoms with E-state index in [1.54, 1.807) is 4.90 Å². The molecule has 0 spiro atoms. The van der Waals surface area contributed by atoms with E-state index < -0.39 is 33.6 Å². The summed E-state index contributed by atoms with van der Waals surface area (Å²) < 4.78 is 101. The van der Waals surface area contributed by atoms with Gasteiger partial charge in [-0.15, -0.1) is 13.2 Å². The highest BCUT2D eigenvalue weighted by molar-refractivity contribution is 7.90. The zero-order valence-electron chi connectivity index (χ0n) is 16.1. The quantitative estimate of drug-likeness (QED) is 0.562. The van der Waals surface area contributed by atoms with E-state index in [9.17, 15) is 39.6 Å². The number of carbonyl (C=O) groups is 1. The van der Waals surface area contributed by atoms with Gasteiger partial charge in [0.2, 0.25) is 0 Å². The van der Waals surface area contributed by atoms with Crippen molar-refractivity contribution in [2.24, 2.45) is 5.92 Å². The number of carbonyl (C=O) groups excluding carboxylic acids is 1. The number of amides is 1. The number of sulfonamides is 1. The number of halogens is 6. The Morgan fingerprint density at radius 2 is 1.77 bits per heavy atom. The summed E-state index contributed by atoms with van der Waals surface area (Å²) in [5, 5.41) is 2.64. The average Bonchev–Trinajstić information content (AvgIpc) is 2.65. The van der Waals surface area contributed by atoms with Crippen molar-refractivity contribution in [1.29, 1.82) is 0 Å². The summed E-state index contributed by atoms with van der Waals surface area (Å²) in [6, 6.07) is 4.67. The molecule has 1 aromatic rings. The second-order valence-electron chi connectivity index (χ2n) is 6.91. The third-order valence-electron chi connectivity index (χ3n) is 4.61. The maximum atomic E-state index is 12.3. The zero-order valence-corrected chi connectivity index (χ0v) is 16.9. The standard InChI is InChI=1S/C17H21F6N3O4S/c18-16(19,20)30-14-3-1-2-13(10-14)15(27)24-11-12-4-7-26(8-5-12)9-6-25-31(28,29)17(21,22)23/h1-3,10,12,25H,4-9,11H2,(H,24,27). The number of ether oxygens (including phenoxy) is 1. The van der Waals surface area contributed by atoms with Gasteiger partial charge in [0.1, 0.15) is 5.75 Å². The SMILES string of the molecule is O=C(NCC1CCN(CCNS(=O)(=O)C(F)(F)F)CC1)c1cccc(OC(F)(F)F)c1. The van der Waals surface area contributed by atoms with Crippen LogP contribution >= 0.6 is 0 Å². The molecule has 2 N–H and O–H groups in total. The van der Waals surface area contributed by atoms with Gasteiger partial charge in [-0.25, -0.2) is 13.1 Å². The molecule has 1 heterocycles. The van der Waals surface area contributed by atoms with Crippen LogP contribution in [-0.2, 0) is 10.0 Å². The molecule has 0 radical (unpaired) electrons. The van der Waals surface area contributed by atoms with Gasteiger partial charge in [-0.05, 0) is 50.0 Å². The molecule has 0 aromatic heterocycles. The lowest BCUT2D eigenvalue weighted by atomic mass is 9.96. The number of nitrogens with one attached hydrogen (secondary N) is 2. The summed E-state index contributed by atoms with van der Waals surface area (Å²) in [7, 11) is -5.36. The molecule has 0 bridgehead atoms. The Hall–Kier alpha value is -2.06. The Morgan fingerprint density at radius 1 is 1.13 bits per heavy atom. The van der Waals surface area contributed by atoms with Gasteiger partial charge >= 0.3 is 21.9 Å². The van der Waals surface area contributed by atoms with Crippen LogP contribution in [0.2, 0.25) is 0 Å². The number of piperidine rings is 1. The molecule has 14 heteroatoms. The number of alkyl halides is 6. The van der Waals surface area contributed by atoms with Crippen LogP contribution in [0, 0.1) is 5.92 Å². The number of hydrogen-bond acceptors (Lipinski definition) is 5. The van der Waals surface area contributed by atoms with Gasteiger partial charge < -0.3 is 15.0 Å². The average molecular weight is 477 g/mol. The summed E-state index contributed by atoms with van der Waals surface area (Å²) in [5.41, 5.74) is -5.34. The molecule has 7 nitrogen and oxygen atoms in total. The van der Waals surface area contributed by atoms with Crippen LogP contribution in [0.4, 0.5) is 26.3 Å². The monoisotopic (exact) mass is 477 g/mol. The highest BCUT2D eigenvalue weighted by Gasteiger charge is 2.45. The van der Waals surface area contributed by atoms with Crippen molar-refractivity contribution in [3.63, 3.8) is 0 Å². The molecule has 2 rings (SSSR count). The van der Waals surface area contributed by atoms with Crippen molar-refractivity contribution >= 4 is 15.9 Å². The summed E-state index contributed by atoms with van der Waals surface area (Å²) in [6.07, 6.45) is -3.64. The van der Waals surface area contributed by atoms with E-state index in [1.165, 1.54) is 16.9 Å². The molecule has 1 aliphatic heterocycles. The Morgan fingerprint density at radius 3 is 2.35 bits per heavy atom. The first-order valence-electron chi connectivity index (χ1n) is 9.19. The molecule has 1 amide bonds. The fraction of sp³-hybridized carbons (Fsp3) is 0.588. The van der Waals surface area contributed by atoms with Gasteiger partial charge in [-0.2, -0.15) is 13.2 Å². The highest BCUT2D eigenvalue weighted by atomic mass is 32.2. The molecule has 1 aliphatic rings. The second-order valence-corrected chi connectivity index (χ2v) is 8.67. The van der Waals surface area contributed by atoms with Crippen molar-refractivity contribution in [3.8, 4) is 5.75 Å². The molecule has 0 atom stereocenters. The van der Waals surface area contributed by atoms with Gasteiger partial charge in [0, 0.05) is 25.2 Å². The zero-order chi connectivity index (χ0) is 23.3. The Balaban J connectivity index is 1.72. The van der Waals surface area contributed by atoms with E-state index in [4.69, 9.17) is 0 Å². The van der Waals surface area contributed by atoms with E-state index in [0.29, 0.717) is 25.9 Å². The highest BCUT2D eigenvalue weighted by Crippen LogP contribution is 2.24. The van der Waals surface area contributed by atoms with E-state index in [0.717, 1.165) is 12.1 Å². The number of likely N-dealkylation sites (tertiary alicyclic amines) is 1. The smallest absolute Gasteiger partial charge is 0.406 e. The molecule has 0 unspecified atom stereocenters. The molecule has 0 saturated carbocycles. The lowest BCUT2D eigenvalue weighted by Crippen LogP contribution is -2.44. The maximum Gasteiger partial charge on any atom is 0.573 e. The lowest BCUT2D eigenvalue weighted by molar-refractivity contribution is -0.274.